The third-order valence-corrected chi connectivity index (χ3v) is 6.43. The van der Waals surface area contributed by atoms with Gasteiger partial charge in [-0.05, 0) is 24.3 Å². The Balaban J connectivity index is 1.78. The molecule has 0 fully saturated rings. The number of ether oxygens (including phenoxy) is 1. The highest BCUT2D eigenvalue weighted by Gasteiger charge is 2.25. The number of hydrogen-bond acceptors (Lipinski definition) is 6. The van der Waals surface area contributed by atoms with Gasteiger partial charge in [0.2, 0.25) is 5.88 Å². The fourth-order valence-electron chi connectivity index (χ4n) is 3.29. The van der Waals surface area contributed by atoms with E-state index in [0.717, 1.165) is 18.2 Å². The van der Waals surface area contributed by atoms with Crippen molar-refractivity contribution in [1.82, 2.24) is 19.7 Å². The van der Waals surface area contributed by atoms with Crippen molar-refractivity contribution < 1.29 is 26.7 Å². The maximum absolute atomic E-state index is 15.4. The first kappa shape index (κ1) is 23.4. The molecule has 1 aromatic carbocycles. The van der Waals surface area contributed by atoms with Crippen LogP contribution in [0.4, 0.5) is 14.5 Å². The van der Waals surface area contributed by atoms with Crippen LogP contribution in [0.2, 0.25) is 5.02 Å². The highest BCUT2D eigenvalue weighted by atomic mass is 35.5. The molecule has 9 nitrogen and oxygen atoms in total. The maximum Gasteiger partial charge on any atom is 0.271 e. The van der Waals surface area contributed by atoms with Crippen molar-refractivity contribution in [3.05, 3.63) is 71.4 Å². The third-order valence-electron chi connectivity index (χ3n) is 4.86. The molecule has 13 heteroatoms. The van der Waals surface area contributed by atoms with E-state index < -0.39 is 43.7 Å². The number of amides is 1. The smallest absolute Gasteiger partial charge is 0.271 e. The number of aromatic nitrogens is 3. The van der Waals surface area contributed by atoms with E-state index in [1.165, 1.54) is 49.4 Å². The molecule has 176 valence electrons. The molecular formula is C21H16ClF2N5O4S. The SMILES string of the molecule is CNC(=O)c1ncn2cc(-c3c(F)ccc(NS(=O)(=O)c4cc(Cl)cnc4OC)c3F)ccc12. The van der Waals surface area contributed by atoms with Crippen molar-refractivity contribution in [2.24, 2.45) is 0 Å². The minimum atomic E-state index is -4.40. The lowest BCUT2D eigenvalue weighted by atomic mass is 10.0. The number of nitrogens with zero attached hydrogens (tertiary/aromatic N) is 3. The fraction of sp³-hybridized carbons (Fsp3) is 0.0952. The molecule has 0 aliphatic carbocycles. The molecule has 3 heterocycles. The predicted molar refractivity (Wildman–Crippen MR) is 121 cm³/mol. The van der Waals surface area contributed by atoms with E-state index in [1.807, 2.05) is 0 Å². The van der Waals surface area contributed by atoms with E-state index in [1.54, 1.807) is 0 Å². The fourth-order valence-corrected chi connectivity index (χ4v) is 4.72. The molecule has 0 aliphatic rings. The second-order valence-electron chi connectivity index (χ2n) is 6.93. The molecule has 0 radical (unpaired) electrons. The van der Waals surface area contributed by atoms with Gasteiger partial charge in [-0.25, -0.2) is 27.2 Å². The van der Waals surface area contributed by atoms with Crippen molar-refractivity contribution in [2.45, 2.75) is 4.90 Å². The van der Waals surface area contributed by atoms with Crippen molar-refractivity contribution in [3.8, 4) is 17.0 Å². The first-order valence-electron chi connectivity index (χ1n) is 9.55. The number of anilines is 1. The number of halogens is 3. The zero-order valence-corrected chi connectivity index (χ0v) is 19.2. The zero-order valence-electron chi connectivity index (χ0n) is 17.6. The average Bonchev–Trinajstić information content (AvgIpc) is 3.24. The topological polar surface area (TPSA) is 115 Å². The normalized spacial score (nSPS) is 11.4. The summed E-state index contributed by atoms with van der Waals surface area (Å²) in [5.41, 5.74) is -0.336. The molecule has 0 bridgehead atoms. The van der Waals surface area contributed by atoms with Crippen LogP contribution < -0.4 is 14.8 Å². The van der Waals surface area contributed by atoms with Crippen LogP contribution in [0, 0.1) is 11.6 Å². The highest BCUT2D eigenvalue weighted by molar-refractivity contribution is 7.92. The summed E-state index contributed by atoms with van der Waals surface area (Å²) in [7, 11) is -1.73. The molecule has 0 atom stereocenters. The van der Waals surface area contributed by atoms with Gasteiger partial charge >= 0.3 is 0 Å². The van der Waals surface area contributed by atoms with Crippen LogP contribution in [-0.4, -0.2) is 42.9 Å². The Kier molecular flexibility index (Phi) is 6.11. The zero-order chi connectivity index (χ0) is 24.6. The third kappa shape index (κ3) is 4.13. The predicted octanol–water partition coefficient (Wildman–Crippen LogP) is 3.50. The van der Waals surface area contributed by atoms with Gasteiger partial charge in [0.05, 0.1) is 28.9 Å². The van der Waals surface area contributed by atoms with E-state index in [-0.39, 0.29) is 22.2 Å². The van der Waals surface area contributed by atoms with Crippen molar-refractivity contribution in [3.63, 3.8) is 0 Å². The molecule has 0 saturated heterocycles. The van der Waals surface area contributed by atoms with E-state index in [0.29, 0.717) is 5.52 Å². The molecule has 0 saturated carbocycles. The van der Waals surface area contributed by atoms with Crippen LogP contribution in [0.15, 0.2) is 53.9 Å². The lowest BCUT2D eigenvalue weighted by Crippen LogP contribution is -2.18. The van der Waals surface area contributed by atoms with Crippen molar-refractivity contribution in [1.29, 1.82) is 0 Å². The molecule has 4 rings (SSSR count). The summed E-state index contributed by atoms with van der Waals surface area (Å²) in [4.78, 5) is 19.3. The van der Waals surface area contributed by atoms with Crippen LogP contribution in [-0.2, 0) is 10.0 Å². The monoisotopic (exact) mass is 507 g/mol. The van der Waals surface area contributed by atoms with Gasteiger partial charge in [0, 0.05) is 25.0 Å². The van der Waals surface area contributed by atoms with Gasteiger partial charge in [0.15, 0.2) is 16.4 Å². The Morgan fingerprint density at radius 3 is 2.65 bits per heavy atom. The lowest BCUT2D eigenvalue weighted by molar-refractivity contribution is 0.0960. The van der Waals surface area contributed by atoms with Gasteiger partial charge in [-0.2, -0.15) is 0 Å². The number of carbonyl (C=O) groups is 1. The van der Waals surface area contributed by atoms with E-state index >= 15 is 4.39 Å². The minimum Gasteiger partial charge on any atom is -0.480 e. The standard InChI is InChI=1S/C21H16ClF2N5O4S/c1-25-20(30)19-15-6-3-11(9-29(15)10-27-19)17-13(23)4-5-14(18(17)24)28-34(31,32)16-7-12(22)8-26-21(16)33-2/h3-10,28H,1-2H3,(H,25,30). The number of carbonyl (C=O) groups excluding carboxylic acids is 1. The van der Waals surface area contributed by atoms with Crippen molar-refractivity contribution in [2.75, 3.05) is 18.9 Å². The Bertz CT molecular complexity index is 1540. The number of nitrogens with one attached hydrogen (secondary N) is 2. The van der Waals surface area contributed by atoms with Gasteiger partial charge < -0.3 is 14.5 Å². The van der Waals surface area contributed by atoms with Crippen LogP contribution in [0.1, 0.15) is 10.5 Å². The number of rotatable bonds is 6. The largest absolute Gasteiger partial charge is 0.480 e. The number of sulfonamides is 1. The number of fused-ring (bicyclic) bond motifs is 1. The first-order chi connectivity index (χ1) is 16.2. The molecule has 1 amide bonds. The summed E-state index contributed by atoms with van der Waals surface area (Å²) in [6.07, 6.45) is 3.89. The summed E-state index contributed by atoms with van der Waals surface area (Å²) < 4.78 is 64.3. The highest BCUT2D eigenvalue weighted by Crippen LogP contribution is 2.33. The van der Waals surface area contributed by atoms with E-state index in [2.05, 4.69) is 20.0 Å². The van der Waals surface area contributed by atoms with Crippen LogP contribution in [0.3, 0.4) is 0 Å². The maximum atomic E-state index is 15.4. The molecule has 2 N–H and O–H groups in total. The number of benzene rings is 1. The summed E-state index contributed by atoms with van der Waals surface area (Å²) in [6, 6.07) is 5.85. The van der Waals surface area contributed by atoms with E-state index in [4.69, 9.17) is 16.3 Å². The Hall–Kier alpha value is -3.77. The molecule has 3 aromatic heterocycles. The summed E-state index contributed by atoms with van der Waals surface area (Å²) in [5.74, 6) is -2.75. The van der Waals surface area contributed by atoms with Crippen LogP contribution in [0.5, 0.6) is 5.88 Å². The van der Waals surface area contributed by atoms with Crippen molar-refractivity contribution >= 4 is 38.7 Å². The van der Waals surface area contributed by atoms with Gasteiger partial charge in [-0.1, -0.05) is 17.7 Å². The summed E-state index contributed by atoms with van der Waals surface area (Å²) >= 11 is 5.85. The lowest BCUT2D eigenvalue weighted by Gasteiger charge is -2.14. The Morgan fingerprint density at radius 2 is 1.94 bits per heavy atom. The Morgan fingerprint density at radius 1 is 1.18 bits per heavy atom. The molecule has 4 aromatic rings. The quantitative estimate of drug-likeness (QED) is 0.413. The molecule has 0 spiro atoms. The van der Waals surface area contributed by atoms with E-state index in [9.17, 15) is 17.6 Å². The molecule has 0 aliphatic heterocycles. The number of methoxy groups -OCH3 is 1. The molecule has 0 unspecified atom stereocenters. The number of hydrogen-bond donors (Lipinski definition) is 2. The molecule has 34 heavy (non-hydrogen) atoms. The summed E-state index contributed by atoms with van der Waals surface area (Å²) in [5, 5.41) is 2.48. The van der Waals surface area contributed by atoms with Gasteiger partial charge in [0.1, 0.15) is 12.1 Å². The second kappa shape index (κ2) is 8.88. The average molecular weight is 508 g/mol. The second-order valence-corrected chi connectivity index (χ2v) is 9.02. The first-order valence-corrected chi connectivity index (χ1v) is 11.4. The van der Waals surface area contributed by atoms with Gasteiger partial charge in [-0.15, -0.1) is 0 Å². The van der Waals surface area contributed by atoms with Crippen LogP contribution >= 0.6 is 11.6 Å². The van der Waals surface area contributed by atoms with Gasteiger partial charge in [-0.3, -0.25) is 9.52 Å². The van der Waals surface area contributed by atoms with Crippen LogP contribution in [0.25, 0.3) is 16.6 Å². The minimum absolute atomic E-state index is 0.0196. The summed E-state index contributed by atoms with van der Waals surface area (Å²) in [6.45, 7) is 0. The Labute approximate surface area is 197 Å². The number of imidazole rings is 1. The molecular weight excluding hydrogens is 492 g/mol. The number of pyridine rings is 2. The van der Waals surface area contributed by atoms with Gasteiger partial charge in [0.25, 0.3) is 15.9 Å².